The fourth-order valence-electron chi connectivity index (χ4n) is 1.05. The average molecular weight is 258 g/mol. The Bertz CT molecular complexity index is 258. The van der Waals surface area contributed by atoms with E-state index in [1.807, 2.05) is 24.3 Å². The molecule has 0 aliphatic heterocycles. The molecule has 0 saturated heterocycles. The number of benzene rings is 1. The van der Waals surface area contributed by atoms with Crippen LogP contribution < -0.4 is 10.1 Å². The monoisotopic (exact) mass is 257 g/mol. The number of hydrogen-bond acceptors (Lipinski definition) is 2. The third kappa shape index (κ3) is 4.63. The van der Waals surface area contributed by atoms with Gasteiger partial charge in [0.1, 0.15) is 12.4 Å². The number of halogens is 1. The van der Waals surface area contributed by atoms with Gasteiger partial charge in [0.05, 0.1) is 0 Å². The minimum Gasteiger partial charge on any atom is -0.492 e. The zero-order valence-corrected chi connectivity index (χ0v) is 10.2. The van der Waals surface area contributed by atoms with Crippen molar-refractivity contribution < 1.29 is 4.74 Å². The highest BCUT2D eigenvalue weighted by Crippen LogP contribution is 2.15. The summed E-state index contributed by atoms with van der Waals surface area (Å²) in [6.45, 7) is 5.84. The zero-order chi connectivity index (χ0) is 10.4. The van der Waals surface area contributed by atoms with Crippen LogP contribution in [-0.4, -0.2) is 19.2 Å². The van der Waals surface area contributed by atoms with E-state index >= 15 is 0 Å². The summed E-state index contributed by atoms with van der Waals surface area (Å²) in [4.78, 5) is 0. The van der Waals surface area contributed by atoms with Gasteiger partial charge < -0.3 is 10.1 Å². The van der Waals surface area contributed by atoms with E-state index in [0.717, 1.165) is 16.8 Å². The minimum atomic E-state index is 0.517. The van der Waals surface area contributed by atoms with Crippen molar-refractivity contribution in [1.82, 2.24) is 5.32 Å². The molecule has 14 heavy (non-hydrogen) atoms. The number of rotatable bonds is 5. The van der Waals surface area contributed by atoms with Crippen molar-refractivity contribution in [1.29, 1.82) is 0 Å². The van der Waals surface area contributed by atoms with E-state index in [0.29, 0.717) is 12.6 Å². The number of nitrogens with one attached hydrogen (secondary N) is 1. The molecular weight excluding hydrogens is 242 g/mol. The molecule has 1 aromatic rings. The molecule has 3 heteroatoms. The molecule has 0 aliphatic carbocycles. The Labute approximate surface area is 93.8 Å². The molecular formula is C11H16BrNO. The Morgan fingerprint density at radius 3 is 2.50 bits per heavy atom. The van der Waals surface area contributed by atoms with Gasteiger partial charge in [0, 0.05) is 17.1 Å². The van der Waals surface area contributed by atoms with Crippen LogP contribution in [0.4, 0.5) is 0 Å². The molecule has 2 nitrogen and oxygen atoms in total. The van der Waals surface area contributed by atoms with Crippen LogP contribution in [0.5, 0.6) is 5.75 Å². The van der Waals surface area contributed by atoms with E-state index in [-0.39, 0.29) is 0 Å². The minimum absolute atomic E-state index is 0.517. The lowest BCUT2D eigenvalue weighted by Crippen LogP contribution is -2.27. The highest BCUT2D eigenvalue weighted by molar-refractivity contribution is 9.10. The van der Waals surface area contributed by atoms with Crippen LogP contribution in [0.25, 0.3) is 0 Å². The lowest BCUT2D eigenvalue weighted by Gasteiger charge is -2.09. The molecule has 0 aliphatic rings. The van der Waals surface area contributed by atoms with Crippen LogP contribution in [0.3, 0.4) is 0 Å². The van der Waals surface area contributed by atoms with Crippen molar-refractivity contribution in [2.24, 2.45) is 0 Å². The predicted octanol–water partition coefficient (Wildman–Crippen LogP) is 2.83. The van der Waals surface area contributed by atoms with Crippen molar-refractivity contribution in [3.63, 3.8) is 0 Å². The van der Waals surface area contributed by atoms with Gasteiger partial charge in [-0.3, -0.25) is 0 Å². The van der Waals surface area contributed by atoms with Gasteiger partial charge in [-0.15, -0.1) is 0 Å². The van der Waals surface area contributed by atoms with Crippen molar-refractivity contribution in [2.75, 3.05) is 13.2 Å². The van der Waals surface area contributed by atoms with E-state index in [2.05, 4.69) is 35.1 Å². The molecule has 78 valence electrons. The maximum atomic E-state index is 5.53. The van der Waals surface area contributed by atoms with Crippen molar-refractivity contribution in [3.05, 3.63) is 28.7 Å². The Morgan fingerprint density at radius 2 is 1.93 bits per heavy atom. The van der Waals surface area contributed by atoms with Crippen molar-refractivity contribution in [3.8, 4) is 5.75 Å². The molecule has 0 aromatic heterocycles. The SMILES string of the molecule is CC(C)NCCOc1ccc(Br)cc1. The smallest absolute Gasteiger partial charge is 0.119 e. The number of ether oxygens (including phenoxy) is 1. The molecule has 1 aromatic carbocycles. The molecule has 0 bridgehead atoms. The summed E-state index contributed by atoms with van der Waals surface area (Å²) in [6, 6.07) is 8.39. The maximum Gasteiger partial charge on any atom is 0.119 e. The Balaban J connectivity index is 2.21. The second-order valence-corrected chi connectivity index (χ2v) is 4.33. The van der Waals surface area contributed by atoms with Gasteiger partial charge in [0.15, 0.2) is 0 Å². The van der Waals surface area contributed by atoms with Gasteiger partial charge in [-0.05, 0) is 24.3 Å². The highest BCUT2D eigenvalue weighted by atomic mass is 79.9. The summed E-state index contributed by atoms with van der Waals surface area (Å²) in [5.41, 5.74) is 0. The fourth-order valence-corrected chi connectivity index (χ4v) is 1.31. The zero-order valence-electron chi connectivity index (χ0n) is 8.59. The lowest BCUT2D eigenvalue weighted by molar-refractivity contribution is 0.309. The molecule has 0 unspecified atom stereocenters. The summed E-state index contributed by atoms with van der Waals surface area (Å²) < 4.78 is 6.60. The second-order valence-electron chi connectivity index (χ2n) is 3.41. The molecule has 0 amide bonds. The van der Waals surface area contributed by atoms with Gasteiger partial charge >= 0.3 is 0 Å². The van der Waals surface area contributed by atoms with Crippen LogP contribution in [0.1, 0.15) is 13.8 Å². The summed E-state index contributed by atoms with van der Waals surface area (Å²) in [7, 11) is 0. The van der Waals surface area contributed by atoms with Gasteiger partial charge in [-0.25, -0.2) is 0 Å². The quantitative estimate of drug-likeness (QED) is 0.820. The Morgan fingerprint density at radius 1 is 1.29 bits per heavy atom. The number of hydrogen-bond donors (Lipinski definition) is 1. The van der Waals surface area contributed by atoms with E-state index in [1.165, 1.54) is 0 Å². The first-order chi connectivity index (χ1) is 6.68. The lowest BCUT2D eigenvalue weighted by atomic mass is 10.3. The van der Waals surface area contributed by atoms with Gasteiger partial charge in [-0.1, -0.05) is 29.8 Å². The summed E-state index contributed by atoms with van der Waals surface area (Å²) in [5.74, 6) is 0.916. The molecule has 0 saturated carbocycles. The molecule has 0 atom stereocenters. The van der Waals surface area contributed by atoms with E-state index in [4.69, 9.17) is 4.74 Å². The van der Waals surface area contributed by atoms with Crippen molar-refractivity contribution in [2.45, 2.75) is 19.9 Å². The largest absolute Gasteiger partial charge is 0.492 e. The first kappa shape index (κ1) is 11.5. The molecule has 0 heterocycles. The van der Waals surface area contributed by atoms with Gasteiger partial charge in [-0.2, -0.15) is 0 Å². The molecule has 0 spiro atoms. The van der Waals surface area contributed by atoms with Crippen LogP contribution >= 0.6 is 15.9 Å². The third-order valence-electron chi connectivity index (χ3n) is 1.74. The average Bonchev–Trinajstić information content (AvgIpc) is 2.15. The predicted molar refractivity (Wildman–Crippen MR) is 62.8 cm³/mol. The Kier molecular flexibility index (Phi) is 4.98. The van der Waals surface area contributed by atoms with E-state index in [9.17, 15) is 0 Å². The summed E-state index contributed by atoms with van der Waals surface area (Å²) in [6.07, 6.45) is 0. The van der Waals surface area contributed by atoms with E-state index in [1.54, 1.807) is 0 Å². The maximum absolute atomic E-state index is 5.53. The summed E-state index contributed by atoms with van der Waals surface area (Å²) in [5, 5.41) is 3.29. The van der Waals surface area contributed by atoms with Crippen LogP contribution in [0, 0.1) is 0 Å². The fraction of sp³-hybridized carbons (Fsp3) is 0.455. The first-order valence-electron chi connectivity index (χ1n) is 4.80. The Hall–Kier alpha value is -0.540. The molecule has 0 radical (unpaired) electrons. The van der Waals surface area contributed by atoms with Gasteiger partial charge in [0.2, 0.25) is 0 Å². The van der Waals surface area contributed by atoms with E-state index < -0.39 is 0 Å². The summed E-state index contributed by atoms with van der Waals surface area (Å²) >= 11 is 3.38. The first-order valence-corrected chi connectivity index (χ1v) is 5.59. The van der Waals surface area contributed by atoms with Crippen molar-refractivity contribution >= 4 is 15.9 Å². The van der Waals surface area contributed by atoms with Crippen LogP contribution in [0.2, 0.25) is 0 Å². The topological polar surface area (TPSA) is 21.3 Å². The standard InChI is InChI=1S/C11H16BrNO/c1-9(2)13-7-8-14-11-5-3-10(12)4-6-11/h3-6,9,13H,7-8H2,1-2H3. The molecule has 1 rings (SSSR count). The molecule has 0 fully saturated rings. The normalized spacial score (nSPS) is 10.6. The van der Waals surface area contributed by atoms with Gasteiger partial charge in [0.25, 0.3) is 0 Å². The second kappa shape index (κ2) is 6.04. The molecule has 1 N–H and O–H groups in total. The third-order valence-corrected chi connectivity index (χ3v) is 2.27. The van der Waals surface area contributed by atoms with Crippen LogP contribution in [0.15, 0.2) is 28.7 Å². The highest BCUT2D eigenvalue weighted by Gasteiger charge is 1.94. The van der Waals surface area contributed by atoms with Crippen LogP contribution in [-0.2, 0) is 0 Å².